The van der Waals surface area contributed by atoms with Crippen LogP contribution >= 0.6 is 0 Å². The zero-order valence-corrected chi connectivity index (χ0v) is 20.6. The maximum Gasteiger partial charge on any atom is 0.426 e. The summed E-state index contributed by atoms with van der Waals surface area (Å²) in [6, 6.07) is 8.86. The molecule has 0 radical (unpaired) electrons. The number of benzene rings is 4. The molecule has 0 aromatic heterocycles. The molecule has 0 aliphatic rings. The van der Waals surface area contributed by atoms with Crippen molar-refractivity contribution in [2.75, 3.05) is 0 Å². The van der Waals surface area contributed by atoms with Crippen LogP contribution < -0.4 is 9.47 Å². The third-order valence-electron chi connectivity index (χ3n) is 6.11. The van der Waals surface area contributed by atoms with Crippen LogP contribution in [-0.2, 0) is 19.1 Å². The minimum Gasteiger partial charge on any atom is -0.486 e. The number of halogens is 8. The molecule has 10 heteroatoms. The Kier molecular flexibility index (Phi) is 8.32. The van der Waals surface area contributed by atoms with Gasteiger partial charge in [-0.3, -0.25) is 0 Å². The van der Waals surface area contributed by atoms with E-state index in [1.54, 1.807) is 0 Å². The molecule has 0 saturated heterocycles. The largest absolute Gasteiger partial charge is 0.486 e. The number of hydrogen-bond donors (Lipinski definition) is 0. The molecule has 0 aliphatic heterocycles. The fourth-order valence-electron chi connectivity index (χ4n) is 4.03. The van der Waals surface area contributed by atoms with Crippen LogP contribution in [0.4, 0.5) is 35.1 Å². The van der Waals surface area contributed by atoms with Crippen molar-refractivity contribution < 1.29 is 44.6 Å². The van der Waals surface area contributed by atoms with Gasteiger partial charge in [0.2, 0.25) is 5.82 Å². The van der Waals surface area contributed by atoms with Gasteiger partial charge in [-0.05, 0) is 59.7 Å². The van der Waals surface area contributed by atoms with Crippen molar-refractivity contribution in [3.8, 4) is 11.5 Å². The first-order chi connectivity index (χ1) is 18.5. The summed E-state index contributed by atoms with van der Waals surface area (Å²) in [6.07, 6.45) is -1.05. The van der Waals surface area contributed by atoms with E-state index in [4.69, 9.17) is 4.74 Å². The molecule has 39 heavy (non-hydrogen) atoms. The van der Waals surface area contributed by atoms with Gasteiger partial charge in [-0.1, -0.05) is 38.0 Å². The van der Waals surface area contributed by atoms with Gasteiger partial charge in [0.25, 0.3) is 0 Å². The number of alkyl halides is 2. The molecule has 0 unspecified atom stereocenters. The van der Waals surface area contributed by atoms with Crippen molar-refractivity contribution in [1.29, 1.82) is 0 Å². The molecule has 206 valence electrons. The highest BCUT2D eigenvalue weighted by Crippen LogP contribution is 2.35. The highest BCUT2D eigenvalue weighted by atomic mass is 19.3. The van der Waals surface area contributed by atoms with Gasteiger partial charge in [-0.25, -0.2) is 22.0 Å². The Balaban J connectivity index is 1.45. The van der Waals surface area contributed by atoms with Crippen LogP contribution in [0.1, 0.15) is 42.9 Å². The molecular formula is C29H22F8O2. The Hall–Kier alpha value is -3.82. The van der Waals surface area contributed by atoms with Crippen LogP contribution in [0.2, 0.25) is 0 Å². The maximum absolute atomic E-state index is 14.7. The van der Waals surface area contributed by atoms with Gasteiger partial charge in [0, 0.05) is 6.07 Å². The second kappa shape index (κ2) is 11.5. The Morgan fingerprint density at radius 2 is 1.44 bits per heavy atom. The van der Waals surface area contributed by atoms with E-state index >= 15 is 0 Å². The van der Waals surface area contributed by atoms with Crippen molar-refractivity contribution in [2.45, 2.75) is 45.3 Å². The summed E-state index contributed by atoms with van der Waals surface area (Å²) < 4.78 is 123. The lowest BCUT2D eigenvalue weighted by atomic mass is 10.1. The van der Waals surface area contributed by atoms with E-state index in [-0.39, 0.29) is 17.9 Å². The summed E-state index contributed by atoms with van der Waals surface area (Å²) in [4.78, 5) is 0. The van der Waals surface area contributed by atoms with Crippen LogP contribution in [0, 0.1) is 34.9 Å². The molecule has 0 saturated carbocycles. The van der Waals surface area contributed by atoms with Gasteiger partial charge < -0.3 is 9.47 Å². The molecule has 4 aromatic rings. The summed E-state index contributed by atoms with van der Waals surface area (Å²) in [6.45, 7) is 1.75. The summed E-state index contributed by atoms with van der Waals surface area (Å²) in [5, 5.41) is -1.42. The minimum atomic E-state index is -4.00. The number of aryl methyl sites for hydroxylation is 1. The average molecular weight is 554 g/mol. The van der Waals surface area contributed by atoms with E-state index in [0.717, 1.165) is 37.5 Å². The number of ether oxygens (including phenoxy) is 2. The lowest BCUT2D eigenvalue weighted by molar-refractivity contribution is -0.185. The first-order valence-electron chi connectivity index (χ1n) is 12.0. The summed E-state index contributed by atoms with van der Waals surface area (Å²) >= 11 is 0. The molecule has 0 aliphatic carbocycles. The van der Waals surface area contributed by atoms with Crippen molar-refractivity contribution in [2.24, 2.45) is 0 Å². The fourth-order valence-corrected chi connectivity index (χ4v) is 4.03. The van der Waals surface area contributed by atoms with Gasteiger partial charge in [-0.2, -0.15) is 13.2 Å². The van der Waals surface area contributed by atoms with Crippen LogP contribution in [0.3, 0.4) is 0 Å². The first kappa shape index (κ1) is 28.2. The van der Waals surface area contributed by atoms with Crippen molar-refractivity contribution in [1.82, 2.24) is 0 Å². The second-order valence-electron chi connectivity index (χ2n) is 8.90. The standard InChI is InChI=1S/C29H22F8O2/c1-2-3-4-5-17-8-11-23(27(34)25(17)32)38-15-16-6-9-19(10-7-16)29(36,37)39-20-12-18-13-22(31)26(33)28(35)24(18)21(30)14-20/h6-14H,2-5,15H2,1H3. The van der Waals surface area contributed by atoms with Gasteiger partial charge in [0.15, 0.2) is 29.0 Å². The molecule has 0 atom stereocenters. The Labute approximate surface area is 218 Å². The Morgan fingerprint density at radius 3 is 2.13 bits per heavy atom. The summed E-state index contributed by atoms with van der Waals surface area (Å²) in [5.41, 5.74) is -0.0587. The monoisotopic (exact) mass is 554 g/mol. The van der Waals surface area contributed by atoms with Gasteiger partial charge in [0.05, 0.1) is 10.9 Å². The molecule has 4 rings (SSSR count). The lowest BCUT2D eigenvalue weighted by Gasteiger charge is -2.19. The van der Waals surface area contributed by atoms with Crippen molar-refractivity contribution in [3.63, 3.8) is 0 Å². The molecule has 0 heterocycles. The topological polar surface area (TPSA) is 18.5 Å². The zero-order chi connectivity index (χ0) is 28.3. The van der Waals surface area contributed by atoms with Gasteiger partial charge in [-0.15, -0.1) is 0 Å². The molecule has 4 aromatic carbocycles. The predicted octanol–water partition coefficient (Wildman–Crippen LogP) is 9.11. The number of unbranched alkanes of at least 4 members (excludes halogenated alkanes) is 2. The summed E-state index contributed by atoms with van der Waals surface area (Å²) in [7, 11) is 0. The van der Waals surface area contributed by atoms with E-state index in [0.29, 0.717) is 24.1 Å². The molecule has 0 fully saturated rings. The first-order valence-corrected chi connectivity index (χ1v) is 12.0. The van der Waals surface area contributed by atoms with Crippen LogP contribution in [0.25, 0.3) is 10.8 Å². The zero-order valence-electron chi connectivity index (χ0n) is 20.6. The smallest absolute Gasteiger partial charge is 0.426 e. The van der Waals surface area contributed by atoms with Gasteiger partial charge in [0.1, 0.15) is 18.2 Å². The molecular weight excluding hydrogens is 532 g/mol. The average Bonchev–Trinajstić information content (AvgIpc) is 2.89. The molecule has 0 N–H and O–H groups in total. The third-order valence-corrected chi connectivity index (χ3v) is 6.11. The van der Waals surface area contributed by atoms with Gasteiger partial charge >= 0.3 is 6.11 Å². The predicted molar refractivity (Wildman–Crippen MR) is 129 cm³/mol. The normalized spacial score (nSPS) is 11.7. The van der Waals surface area contributed by atoms with E-state index in [9.17, 15) is 35.1 Å². The van der Waals surface area contributed by atoms with Crippen LogP contribution in [0.5, 0.6) is 11.5 Å². The third kappa shape index (κ3) is 6.10. The van der Waals surface area contributed by atoms with E-state index < -0.39 is 63.1 Å². The molecule has 2 nitrogen and oxygen atoms in total. The highest BCUT2D eigenvalue weighted by Gasteiger charge is 2.35. The SMILES string of the molecule is CCCCCc1ccc(OCc2ccc(C(F)(F)Oc3cc(F)c4c(F)c(F)c(F)cc4c3)cc2)c(F)c1F. The highest BCUT2D eigenvalue weighted by molar-refractivity contribution is 5.85. The van der Waals surface area contributed by atoms with Crippen LogP contribution in [-0.4, -0.2) is 0 Å². The number of fused-ring (bicyclic) bond motifs is 1. The number of rotatable bonds is 10. The molecule has 0 amide bonds. The quantitative estimate of drug-likeness (QED) is 0.111. The van der Waals surface area contributed by atoms with Crippen LogP contribution in [0.15, 0.2) is 54.6 Å². The summed E-state index contributed by atoms with van der Waals surface area (Å²) in [5.74, 6) is -9.91. The van der Waals surface area contributed by atoms with Crippen molar-refractivity contribution in [3.05, 3.63) is 106 Å². The number of hydrogen-bond acceptors (Lipinski definition) is 2. The van der Waals surface area contributed by atoms with E-state index in [1.807, 2.05) is 6.92 Å². The Bertz CT molecular complexity index is 1490. The van der Waals surface area contributed by atoms with E-state index in [1.165, 1.54) is 24.3 Å². The fraction of sp³-hybridized carbons (Fsp3) is 0.241. The van der Waals surface area contributed by atoms with Crippen molar-refractivity contribution >= 4 is 10.8 Å². The molecule has 0 bridgehead atoms. The Morgan fingerprint density at radius 1 is 0.718 bits per heavy atom. The molecule has 0 spiro atoms. The second-order valence-corrected chi connectivity index (χ2v) is 8.90. The van der Waals surface area contributed by atoms with E-state index in [2.05, 4.69) is 4.74 Å². The lowest BCUT2D eigenvalue weighted by Crippen LogP contribution is -2.22. The minimum absolute atomic E-state index is 0.244. The maximum atomic E-state index is 14.7.